The van der Waals surface area contributed by atoms with Crippen LogP contribution in [0.3, 0.4) is 0 Å². The molecule has 6 heteroatoms. The van der Waals surface area contributed by atoms with E-state index < -0.39 is 0 Å². The molecule has 1 fully saturated rings. The Balaban J connectivity index is 1.33. The maximum atomic E-state index is 13.6. The highest BCUT2D eigenvalue weighted by Crippen LogP contribution is 2.28. The van der Waals surface area contributed by atoms with E-state index in [1.165, 1.54) is 6.07 Å². The standard InChI is InChI=1S/C21H22FN3O2/c22-17-8-2-1-6-15(17)11-12-20(26)23-14-16-7-5-13-25(16)21-24-18-9-3-4-10-19(18)27-21/h1-4,6,8-10,16H,5,7,11-14H2,(H,23,26). The highest BCUT2D eigenvalue weighted by Gasteiger charge is 2.28. The molecular weight excluding hydrogens is 345 g/mol. The predicted molar refractivity (Wildman–Crippen MR) is 102 cm³/mol. The van der Waals surface area contributed by atoms with Gasteiger partial charge in [-0.1, -0.05) is 30.3 Å². The van der Waals surface area contributed by atoms with E-state index in [0.29, 0.717) is 24.5 Å². The summed E-state index contributed by atoms with van der Waals surface area (Å²) >= 11 is 0. The number of nitrogens with zero attached hydrogens (tertiary/aromatic N) is 2. The molecule has 1 aliphatic heterocycles. The van der Waals surface area contributed by atoms with Crippen LogP contribution in [0.5, 0.6) is 0 Å². The van der Waals surface area contributed by atoms with Gasteiger partial charge in [0.2, 0.25) is 5.91 Å². The van der Waals surface area contributed by atoms with Gasteiger partial charge in [-0.2, -0.15) is 4.98 Å². The van der Waals surface area contributed by atoms with E-state index in [-0.39, 0.29) is 24.2 Å². The van der Waals surface area contributed by atoms with Crippen molar-refractivity contribution in [2.45, 2.75) is 31.7 Å². The van der Waals surface area contributed by atoms with Crippen molar-refractivity contribution in [2.24, 2.45) is 0 Å². The third-order valence-corrected chi connectivity index (χ3v) is 5.02. The molecule has 0 saturated carbocycles. The SMILES string of the molecule is O=C(CCc1ccccc1F)NCC1CCCN1c1nc2ccccc2o1. The first-order chi connectivity index (χ1) is 13.2. The third kappa shape index (κ3) is 3.94. The predicted octanol–water partition coefficient (Wildman–Crippen LogP) is 3.68. The van der Waals surface area contributed by atoms with Gasteiger partial charge in [0.05, 0.1) is 6.04 Å². The van der Waals surface area contributed by atoms with Crippen molar-refractivity contribution >= 4 is 23.0 Å². The lowest BCUT2D eigenvalue weighted by Gasteiger charge is -2.23. The van der Waals surface area contributed by atoms with Crippen molar-refractivity contribution in [3.63, 3.8) is 0 Å². The van der Waals surface area contributed by atoms with Crippen LogP contribution in [-0.2, 0) is 11.2 Å². The van der Waals surface area contributed by atoms with Crippen molar-refractivity contribution in [3.8, 4) is 0 Å². The summed E-state index contributed by atoms with van der Waals surface area (Å²) in [5.74, 6) is -0.328. The number of aromatic nitrogens is 1. The molecule has 1 atom stereocenters. The number of halogens is 1. The van der Waals surface area contributed by atoms with Crippen molar-refractivity contribution in [2.75, 3.05) is 18.0 Å². The first-order valence-electron chi connectivity index (χ1n) is 9.33. The molecule has 0 aliphatic carbocycles. The number of amides is 1. The lowest BCUT2D eigenvalue weighted by Crippen LogP contribution is -2.40. The number of para-hydroxylation sites is 2. The minimum Gasteiger partial charge on any atom is -0.423 e. The van der Waals surface area contributed by atoms with Crippen LogP contribution in [0.1, 0.15) is 24.8 Å². The van der Waals surface area contributed by atoms with Crippen molar-refractivity contribution < 1.29 is 13.6 Å². The van der Waals surface area contributed by atoms with Crippen LogP contribution in [0.25, 0.3) is 11.1 Å². The van der Waals surface area contributed by atoms with Gasteiger partial charge in [-0.05, 0) is 43.0 Å². The van der Waals surface area contributed by atoms with Crippen LogP contribution in [0.4, 0.5) is 10.4 Å². The summed E-state index contributed by atoms with van der Waals surface area (Å²) in [7, 11) is 0. The normalized spacial score (nSPS) is 16.8. The number of aryl methyl sites for hydroxylation is 1. The topological polar surface area (TPSA) is 58.4 Å². The van der Waals surface area contributed by atoms with Crippen molar-refractivity contribution in [1.82, 2.24) is 10.3 Å². The zero-order chi connectivity index (χ0) is 18.6. The van der Waals surface area contributed by atoms with Gasteiger partial charge in [0.1, 0.15) is 11.3 Å². The van der Waals surface area contributed by atoms with Gasteiger partial charge < -0.3 is 14.6 Å². The van der Waals surface area contributed by atoms with Gasteiger partial charge in [-0.25, -0.2) is 4.39 Å². The van der Waals surface area contributed by atoms with Crippen LogP contribution < -0.4 is 10.2 Å². The molecule has 1 N–H and O–H groups in total. The Morgan fingerprint density at radius 2 is 2.04 bits per heavy atom. The largest absolute Gasteiger partial charge is 0.423 e. The van der Waals surface area contributed by atoms with Crippen LogP contribution in [-0.4, -0.2) is 30.0 Å². The highest BCUT2D eigenvalue weighted by molar-refractivity contribution is 5.76. The molecule has 3 aromatic rings. The van der Waals surface area contributed by atoms with Gasteiger partial charge in [0.25, 0.3) is 6.01 Å². The number of carbonyl (C=O) groups is 1. The van der Waals surface area contributed by atoms with Crippen LogP contribution >= 0.6 is 0 Å². The smallest absolute Gasteiger partial charge is 0.298 e. The molecule has 1 aliphatic rings. The number of hydrogen-bond acceptors (Lipinski definition) is 4. The molecule has 27 heavy (non-hydrogen) atoms. The monoisotopic (exact) mass is 367 g/mol. The summed E-state index contributed by atoms with van der Waals surface area (Å²) in [6, 6.07) is 15.0. The fourth-order valence-corrected chi connectivity index (χ4v) is 3.55. The van der Waals surface area contributed by atoms with E-state index in [9.17, 15) is 9.18 Å². The second-order valence-corrected chi connectivity index (χ2v) is 6.85. The average Bonchev–Trinajstić information content (AvgIpc) is 3.31. The average molecular weight is 367 g/mol. The maximum Gasteiger partial charge on any atom is 0.298 e. The molecular formula is C21H22FN3O2. The summed E-state index contributed by atoms with van der Waals surface area (Å²) in [4.78, 5) is 18.9. The first-order valence-corrected chi connectivity index (χ1v) is 9.33. The molecule has 4 rings (SSSR count). The summed E-state index contributed by atoms with van der Waals surface area (Å²) in [5, 5.41) is 2.98. The number of oxazole rings is 1. The van der Waals surface area contributed by atoms with Crippen molar-refractivity contribution in [1.29, 1.82) is 0 Å². The second kappa shape index (κ2) is 7.78. The number of anilines is 1. The van der Waals surface area contributed by atoms with Gasteiger partial charge in [-0.15, -0.1) is 0 Å². The van der Waals surface area contributed by atoms with Crippen LogP contribution in [0.2, 0.25) is 0 Å². The van der Waals surface area contributed by atoms with E-state index in [1.54, 1.807) is 18.2 Å². The zero-order valence-corrected chi connectivity index (χ0v) is 15.0. The fourth-order valence-electron chi connectivity index (χ4n) is 3.55. The molecule has 140 valence electrons. The molecule has 5 nitrogen and oxygen atoms in total. The Hall–Kier alpha value is -2.89. The summed E-state index contributed by atoms with van der Waals surface area (Å²) in [5.41, 5.74) is 2.18. The van der Waals surface area contributed by atoms with Gasteiger partial charge in [0, 0.05) is 19.5 Å². The summed E-state index contributed by atoms with van der Waals surface area (Å²) < 4.78 is 19.5. The molecule has 2 heterocycles. The highest BCUT2D eigenvalue weighted by atomic mass is 19.1. The van der Waals surface area contributed by atoms with E-state index >= 15 is 0 Å². The number of fused-ring (bicyclic) bond motifs is 1. The van der Waals surface area contributed by atoms with Crippen LogP contribution in [0.15, 0.2) is 52.9 Å². The summed E-state index contributed by atoms with van der Waals surface area (Å²) in [6.45, 7) is 1.40. The molecule has 1 unspecified atom stereocenters. The van der Waals surface area contributed by atoms with Gasteiger partial charge >= 0.3 is 0 Å². The molecule has 2 aromatic carbocycles. The fraction of sp³-hybridized carbons (Fsp3) is 0.333. The van der Waals surface area contributed by atoms with Crippen molar-refractivity contribution in [3.05, 3.63) is 59.9 Å². The third-order valence-electron chi connectivity index (χ3n) is 5.02. The van der Waals surface area contributed by atoms with E-state index in [2.05, 4.69) is 15.2 Å². The number of carbonyl (C=O) groups excluding carboxylic acids is 1. The molecule has 0 bridgehead atoms. The van der Waals surface area contributed by atoms with Crippen LogP contribution in [0, 0.1) is 5.82 Å². The Morgan fingerprint density at radius 3 is 2.89 bits per heavy atom. The minimum atomic E-state index is -0.261. The Kier molecular flexibility index (Phi) is 5.05. The lowest BCUT2D eigenvalue weighted by molar-refractivity contribution is -0.121. The van der Waals surface area contributed by atoms with E-state index in [4.69, 9.17) is 4.42 Å². The Labute approximate surface area is 157 Å². The van der Waals surface area contributed by atoms with E-state index in [1.807, 2.05) is 24.3 Å². The number of nitrogens with one attached hydrogen (secondary N) is 1. The summed E-state index contributed by atoms with van der Waals surface area (Å²) in [6.07, 6.45) is 2.69. The Morgan fingerprint density at radius 1 is 1.22 bits per heavy atom. The molecule has 1 saturated heterocycles. The quantitative estimate of drug-likeness (QED) is 0.722. The van der Waals surface area contributed by atoms with Gasteiger partial charge in [-0.3, -0.25) is 4.79 Å². The maximum absolute atomic E-state index is 13.6. The Bertz CT molecular complexity index is 907. The number of rotatable bonds is 6. The number of benzene rings is 2. The van der Waals surface area contributed by atoms with E-state index in [0.717, 1.165) is 30.5 Å². The minimum absolute atomic E-state index is 0.0670. The van der Waals surface area contributed by atoms with Gasteiger partial charge in [0.15, 0.2) is 5.58 Å². The molecule has 1 aromatic heterocycles. The lowest BCUT2D eigenvalue weighted by atomic mass is 10.1. The molecule has 1 amide bonds. The zero-order valence-electron chi connectivity index (χ0n) is 15.0. The molecule has 0 radical (unpaired) electrons. The second-order valence-electron chi connectivity index (χ2n) is 6.85. The number of hydrogen-bond donors (Lipinski definition) is 1. The first kappa shape index (κ1) is 17.5. The molecule has 0 spiro atoms.